The van der Waals surface area contributed by atoms with Gasteiger partial charge in [0, 0.05) is 6.42 Å². The summed E-state index contributed by atoms with van der Waals surface area (Å²) in [5.74, 6) is -0.206. The first kappa shape index (κ1) is 68.5. The van der Waals surface area contributed by atoms with Crippen LogP contribution in [0.5, 0.6) is 0 Å². The van der Waals surface area contributed by atoms with Gasteiger partial charge in [0.2, 0.25) is 5.91 Å². The summed E-state index contributed by atoms with van der Waals surface area (Å²) in [6, 6.07) is -0.905. The highest BCUT2D eigenvalue weighted by molar-refractivity contribution is 7.45. The van der Waals surface area contributed by atoms with Crippen LogP contribution in [0.4, 0.5) is 0 Å². The molecule has 0 aliphatic heterocycles. The molecule has 0 aromatic carbocycles. The third-order valence-electron chi connectivity index (χ3n) is 13.5. The van der Waals surface area contributed by atoms with Gasteiger partial charge < -0.3 is 28.8 Å². The maximum Gasteiger partial charge on any atom is 0.268 e. The number of hydrogen-bond acceptors (Lipinski definition) is 6. The van der Waals surface area contributed by atoms with Crippen molar-refractivity contribution in [1.82, 2.24) is 5.32 Å². The van der Waals surface area contributed by atoms with E-state index in [1.165, 1.54) is 218 Å². The Morgan fingerprint density at radius 3 is 1.24 bits per heavy atom. The zero-order valence-electron chi connectivity index (χ0n) is 47.0. The van der Waals surface area contributed by atoms with Crippen molar-refractivity contribution in [3.63, 3.8) is 0 Å². The van der Waals surface area contributed by atoms with Crippen molar-refractivity contribution in [2.45, 2.75) is 296 Å². The number of quaternary nitrogens is 1. The van der Waals surface area contributed by atoms with Crippen molar-refractivity contribution in [1.29, 1.82) is 0 Å². The molecular formula is C61H117N2O6P. The SMILES string of the molecule is CCCCCCCCCCC/C=C\C/C=C\CCCCCCCCCCCCCCCC(=O)NC(COP(=O)([O-])OCC[N+](C)(C)C)C(O)/C=C/CC/C=C/CCCCCCCCCCCCCCC. The van der Waals surface area contributed by atoms with Gasteiger partial charge in [-0.2, -0.15) is 0 Å². The van der Waals surface area contributed by atoms with E-state index < -0.39 is 26.6 Å². The number of aliphatic hydroxyl groups is 1. The molecule has 0 bridgehead atoms. The number of allylic oxidation sites excluding steroid dienone is 7. The molecule has 412 valence electrons. The predicted molar refractivity (Wildman–Crippen MR) is 302 cm³/mol. The fraction of sp³-hybridized carbons (Fsp3) is 0.852. The van der Waals surface area contributed by atoms with Crippen LogP contribution < -0.4 is 10.2 Å². The Labute approximate surface area is 435 Å². The summed E-state index contributed by atoms with van der Waals surface area (Å²) in [7, 11) is 1.25. The molecule has 9 heteroatoms. The van der Waals surface area contributed by atoms with Crippen molar-refractivity contribution in [3.05, 3.63) is 48.6 Å². The van der Waals surface area contributed by atoms with Gasteiger partial charge in [0.1, 0.15) is 13.2 Å². The van der Waals surface area contributed by atoms with Gasteiger partial charge in [0.05, 0.1) is 39.9 Å². The Hall–Kier alpha value is -1.54. The molecule has 0 radical (unpaired) electrons. The molecule has 1 amide bonds. The van der Waals surface area contributed by atoms with E-state index in [-0.39, 0.29) is 12.5 Å². The van der Waals surface area contributed by atoms with E-state index in [0.29, 0.717) is 17.4 Å². The van der Waals surface area contributed by atoms with Crippen LogP contribution in [0, 0.1) is 0 Å². The van der Waals surface area contributed by atoms with Gasteiger partial charge >= 0.3 is 0 Å². The number of hydrogen-bond donors (Lipinski definition) is 2. The molecule has 0 aromatic rings. The lowest BCUT2D eigenvalue weighted by Crippen LogP contribution is -2.45. The van der Waals surface area contributed by atoms with Crippen LogP contribution in [0.3, 0.4) is 0 Å². The molecule has 0 heterocycles. The Morgan fingerprint density at radius 1 is 0.500 bits per heavy atom. The van der Waals surface area contributed by atoms with Crippen molar-refractivity contribution in [2.24, 2.45) is 0 Å². The molecule has 0 spiro atoms. The van der Waals surface area contributed by atoms with E-state index in [4.69, 9.17) is 9.05 Å². The third-order valence-corrected chi connectivity index (χ3v) is 14.5. The molecule has 0 aliphatic rings. The minimum atomic E-state index is -4.61. The number of phosphoric acid groups is 1. The summed E-state index contributed by atoms with van der Waals surface area (Å²) in [4.78, 5) is 25.5. The van der Waals surface area contributed by atoms with Crippen molar-refractivity contribution in [2.75, 3.05) is 40.9 Å². The third kappa shape index (κ3) is 54.2. The number of nitrogens with one attached hydrogen (secondary N) is 1. The number of amides is 1. The lowest BCUT2D eigenvalue weighted by Gasteiger charge is -2.29. The lowest BCUT2D eigenvalue weighted by atomic mass is 10.0. The van der Waals surface area contributed by atoms with Crippen LogP contribution in [0.25, 0.3) is 0 Å². The fourth-order valence-corrected chi connectivity index (χ4v) is 9.51. The molecular weight excluding hydrogens is 888 g/mol. The summed E-state index contributed by atoms with van der Waals surface area (Å²) in [6.07, 6.45) is 69.1. The molecule has 70 heavy (non-hydrogen) atoms. The quantitative estimate of drug-likeness (QED) is 0.0272. The summed E-state index contributed by atoms with van der Waals surface area (Å²) in [5.41, 5.74) is 0. The minimum absolute atomic E-state index is 0.00666. The van der Waals surface area contributed by atoms with Gasteiger partial charge in [-0.1, -0.05) is 262 Å². The molecule has 0 aromatic heterocycles. The molecule has 8 nitrogen and oxygen atoms in total. The summed E-state index contributed by atoms with van der Waals surface area (Å²) < 4.78 is 23.3. The second kappa shape index (κ2) is 52.3. The number of nitrogens with zero attached hydrogens (tertiary/aromatic N) is 1. The average molecular weight is 1010 g/mol. The van der Waals surface area contributed by atoms with Crippen LogP contribution >= 0.6 is 7.82 Å². The number of unbranched alkanes of at least 4 members (excludes halogenated alkanes) is 36. The van der Waals surface area contributed by atoms with Crippen LogP contribution in [0.2, 0.25) is 0 Å². The highest BCUT2D eigenvalue weighted by atomic mass is 31.2. The zero-order valence-corrected chi connectivity index (χ0v) is 47.9. The monoisotopic (exact) mass is 1000 g/mol. The first-order chi connectivity index (χ1) is 34.0. The molecule has 0 saturated carbocycles. The Balaban J connectivity index is 4.18. The number of carbonyl (C=O) groups is 1. The van der Waals surface area contributed by atoms with Gasteiger partial charge in [-0.25, -0.2) is 0 Å². The van der Waals surface area contributed by atoms with E-state index in [1.807, 2.05) is 27.2 Å². The number of likely N-dealkylation sites (N-methyl/N-ethyl adjacent to an activating group) is 1. The summed E-state index contributed by atoms with van der Waals surface area (Å²) >= 11 is 0. The largest absolute Gasteiger partial charge is 0.756 e. The minimum Gasteiger partial charge on any atom is -0.756 e. The van der Waals surface area contributed by atoms with Gasteiger partial charge in [-0.3, -0.25) is 9.36 Å². The van der Waals surface area contributed by atoms with E-state index in [2.05, 4.69) is 55.6 Å². The highest BCUT2D eigenvalue weighted by Gasteiger charge is 2.23. The predicted octanol–water partition coefficient (Wildman–Crippen LogP) is 17.7. The molecule has 2 N–H and O–H groups in total. The highest BCUT2D eigenvalue weighted by Crippen LogP contribution is 2.38. The lowest BCUT2D eigenvalue weighted by molar-refractivity contribution is -0.870. The molecule has 0 saturated heterocycles. The fourth-order valence-electron chi connectivity index (χ4n) is 8.79. The normalized spacial score (nSPS) is 14.2. The molecule has 0 rings (SSSR count). The number of carbonyl (C=O) groups excluding carboxylic acids is 1. The average Bonchev–Trinajstić information content (AvgIpc) is 3.32. The van der Waals surface area contributed by atoms with Crippen molar-refractivity contribution in [3.8, 4) is 0 Å². The van der Waals surface area contributed by atoms with Crippen molar-refractivity contribution < 1.29 is 32.9 Å². The molecule has 3 unspecified atom stereocenters. The van der Waals surface area contributed by atoms with Gasteiger partial charge in [0.25, 0.3) is 7.82 Å². The summed E-state index contributed by atoms with van der Waals surface area (Å²) in [6.45, 7) is 4.66. The zero-order chi connectivity index (χ0) is 51.3. The number of aliphatic hydroxyl groups excluding tert-OH is 1. The van der Waals surface area contributed by atoms with E-state index in [1.54, 1.807) is 6.08 Å². The smallest absolute Gasteiger partial charge is 0.268 e. The van der Waals surface area contributed by atoms with Gasteiger partial charge in [-0.15, -0.1) is 0 Å². The van der Waals surface area contributed by atoms with Crippen molar-refractivity contribution >= 4 is 13.7 Å². The van der Waals surface area contributed by atoms with Crippen LogP contribution in [0.15, 0.2) is 48.6 Å². The topological polar surface area (TPSA) is 108 Å². The van der Waals surface area contributed by atoms with Gasteiger partial charge in [0.15, 0.2) is 0 Å². The number of rotatable bonds is 55. The van der Waals surface area contributed by atoms with E-state index >= 15 is 0 Å². The Kier molecular flexibility index (Phi) is 51.2. The molecule has 0 aliphatic carbocycles. The van der Waals surface area contributed by atoms with Crippen LogP contribution in [-0.2, 0) is 18.4 Å². The van der Waals surface area contributed by atoms with Crippen LogP contribution in [-0.4, -0.2) is 68.5 Å². The first-order valence-electron chi connectivity index (χ1n) is 30.0. The Bertz CT molecular complexity index is 1280. The first-order valence-corrected chi connectivity index (χ1v) is 31.5. The second-order valence-corrected chi connectivity index (χ2v) is 23.1. The number of phosphoric ester groups is 1. The van der Waals surface area contributed by atoms with Gasteiger partial charge in [-0.05, 0) is 64.2 Å². The summed E-state index contributed by atoms with van der Waals surface area (Å²) in [5, 5.41) is 13.9. The second-order valence-electron chi connectivity index (χ2n) is 21.7. The Morgan fingerprint density at radius 2 is 0.843 bits per heavy atom. The van der Waals surface area contributed by atoms with E-state index in [9.17, 15) is 19.4 Å². The van der Waals surface area contributed by atoms with Crippen LogP contribution in [0.1, 0.15) is 284 Å². The maximum atomic E-state index is 13.0. The van der Waals surface area contributed by atoms with E-state index in [0.717, 1.165) is 44.9 Å². The molecule has 3 atom stereocenters. The maximum absolute atomic E-state index is 13.0. The molecule has 0 fully saturated rings. The standard InChI is InChI=1S/C61H117N2O6P/c1-6-8-10-12-14-16-18-20-22-24-26-27-28-29-30-31-32-33-34-35-37-39-41-43-45-47-49-51-53-55-61(65)62-59(58-69-70(66,67)68-57-56-63(3,4)5)60(64)54-52-50-48-46-44-42-40-38-36-25-23-21-19-17-15-13-11-9-7-2/h26-27,29-30,44,46,52,54,59-60,64H,6-25,28,31-43,45,47-51,53,55-58H2,1-5H3,(H-,62,65,66,67)/b27-26-,30-29-,46-44+,54-52+.